The fourth-order valence-corrected chi connectivity index (χ4v) is 7.44. The number of unbranched alkanes of at least 4 members (excludes halogenated alkanes) is 29. The molecule has 3 unspecified atom stereocenters. The Labute approximate surface area is 343 Å². The molecule has 0 rings (SSSR count). The number of nitrogens with two attached hydrogens (primary N) is 1. The van der Waals surface area contributed by atoms with E-state index in [4.69, 9.17) is 29.4 Å². The molecule has 0 saturated carbocycles. The van der Waals surface area contributed by atoms with E-state index >= 15 is 0 Å². The van der Waals surface area contributed by atoms with Crippen LogP contribution < -0.4 is 5.73 Å². The average Bonchev–Trinajstić information content (AvgIpc) is 3.18. The maximum Gasteiger partial charge on any atom is 0.472 e. The summed E-state index contributed by atoms with van der Waals surface area (Å²) < 4.78 is 33.4. The Kier molecular flexibility index (Phi) is 40.9. The van der Waals surface area contributed by atoms with Gasteiger partial charge in [0.2, 0.25) is 0 Å². The first-order chi connectivity index (χ1) is 27.2. The van der Waals surface area contributed by atoms with Gasteiger partial charge in [-0.15, -0.1) is 0 Å². The zero-order chi connectivity index (χ0) is 41.2. The van der Waals surface area contributed by atoms with E-state index < -0.39 is 45.1 Å². The number of ether oxygens (including phenoxy) is 2. The van der Waals surface area contributed by atoms with Gasteiger partial charge in [0.15, 0.2) is 0 Å². The second-order valence-corrected chi connectivity index (χ2v) is 17.3. The van der Waals surface area contributed by atoms with Gasteiger partial charge in [0.1, 0.15) is 12.1 Å². The van der Waals surface area contributed by atoms with Crippen LogP contribution in [-0.4, -0.2) is 60.5 Å². The van der Waals surface area contributed by atoms with Crippen LogP contribution in [0.1, 0.15) is 226 Å². The number of carboxylic acid groups (broad SMARTS) is 1. The number of esters is 1. The molecule has 4 N–H and O–H groups in total. The topological polar surface area (TPSA) is 155 Å². The Morgan fingerprint density at radius 2 is 0.929 bits per heavy atom. The van der Waals surface area contributed by atoms with Crippen LogP contribution in [-0.2, 0) is 32.7 Å². The molecule has 0 radical (unpaired) electrons. The predicted octanol–water partition coefficient (Wildman–Crippen LogP) is 12.9. The Morgan fingerprint density at radius 3 is 1.36 bits per heavy atom. The normalized spacial score (nSPS) is 13.9. The molecule has 11 heteroatoms. The van der Waals surface area contributed by atoms with Crippen molar-refractivity contribution in [2.24, 2.45) is 5.73 Å². The number of phosphoric acid groups is 1. The van der Waals surface area contributed by atoms with E-state index in [2.05, 4.69) is 26.0 Å². The molecule has 332 valence electrons. The molecule has 0 aromatic carbocycles. The third-order valence-electron chi connectivity index (χ3n) is 10.3. The van der Waals surface area contributed by atoms with Crippen LogP contribution in [0.25, 0.3) is 0 Å². The maximum absolute atomic E-state index is 12.6. The Bertz CT molecular complexity index is 951. The molecule has 0 aliphatic heterocycles. The van der Waals surface area contributed by atoms with Gasteiger partial charge >= 0.3 is 19.8 Å². The third-order valence-corrected chi connectivity index (χ3v) is 11.2. The first-order valence-electron chi connectivity index (χ1n) is 23.2. The lowest BCUT2D eigenvalue weighted by molar-refractivity contribution is -0.154. The van der Waals surface area contributed by atoms with Crippen molar-refractivity contribution in [1.29, 1.82) is 0 Å². The highest BCUT2D eigenvalue weighted by Crippen LogP contribution is 2.43. The van der Waals surface area contributed by atoms with Crippen molar-refractivity contribution in [3.63, 3.8) is 0 Å². The van der Waals surface area contributed by atoms with Crippen LogP contribution in [0.15, 0.2) is 12.2 Å². The van der Waals surface area contributed by atoms with E-state index in [9.17, 15) is 19.0 Å². The number of phosphoric ester groups is 1. The molecule has 0 aromatic heterocycles. The Morgan fingerprint density at radius 1 is 0.554 bits per heavy atom. The molecule has 0 aliphatic rings. The molecule has 0 aliphatic carbocycles. The minimum absolute atomic E-state index is 0.0197. The summed E-state index contributed by atoms with van der Waals surface area (Å²) in [5.74, 6) is -1.78. The van der Waals surface area contributed by atoms with E-state index in [-0.39, 0.29) is 13.0 Å². The standard InChI is InChI=1S/C45H88NO9P/c1-3-5-7-9-11-13-15-17-19-21-22-24-26-28-30-32-34-36-38-52-39-42(40-53-56(50,51)54-41-43(46)45(48)49)55-44(47)37-35-33-31-29-27-25-23-20-18-16-14-12-10-8-6-4-2/h20,23,42-43H,3-19,21-22,24-41,46H2,1-2H3,(H,48,49)(H,50,51)/b23-20-. The first-order valence-corrected chi connectivity index (χ1v) is 24.7. The molecule has 0 aromatic rings. The smallest absolute Gasteiger partial charge is 0.472 e. The monoisotopic (exact) mass is 818 g/mol. The van der Waals surface area contributed by atoms with Crippen molar-refractivity contribution >= 4 is 19.8 Å². The number of rotatable bonds is 45. The highest BCUT2D eigenvalue weighted by Gasteiger charge is 2.27. The van der Waals surface area contributed by atoms with E-state index in [0.717, 1.165) is 51.4 Å². The molecular formula is C45H88NO9P. The number of hydrogen-bond donors (Lipinski definition) is 3. The molecule has 0 spiro atoms. The number of carboxylic acids is 1. The van der Waals surface area contributed by atoms with E-state index in [0.29, 0.717) is 13.0 Å². The van der Waals surface area contributed by atoms with Gasteiger partial charge in [-0.3, -0.25) is 18.6 Å². The summed E-state index contributed by atoms with van der Waals surface area (Å²) in [7, 11) is -4.61. The van der Waals surface area contributed by atoms with Gasteiger partial charge in [0.05, 0.1) is 19.8 Å². The zero-order valence-electron chi connectivity index (χ0n) is 36.2. The summed E-state index contributed by atoms with van der Waals surface area (Å²) in [6.07, 6.45) is 44.0. The highest BCUT2D eigenvalue weighted by atomic mass is 31.2. The molecule has 0 saturated heterocycles. The number of hydrogen-bond acceptors (Lipinski definition) is 8. The predicted molar refractivity (Wildman–Crippen MR) is 231 cm³/mol. The Hall–Kier alpha value is -1.29. The summed E-state index contributed by atoms with van der Waals surface area (Å²) >= 11 is 0. The molecule has 3 atom stereocenters. The number of carbonyl (C=O) groups excluding carboxylic acids is 1. The van der Waals surface area contributed by atoms with Gasteiger partial charge < -0.3 is 25.2 Å². The van der Waals surface area contributed by atoms with Crippen molar-refractivity contribution in [1.82, 2.24) is 0 Å². The van der Waals surface area contributed by atoms with Gasteiger partial charge in [-0.1, -0.05) is 193 Å². The van der Waals surface area contributed by atoms with Gasteiger partial charge in [0, 0.05) is 13.0 Å². The minimum atomic E-state index is -4.61. The average molecular weight is 818 g/mol. The molecule has 0 bridgehead atoms. The van der Waals surface area contributed by atoms with Crippen LogP contribution in [0.3, 0.4) is 0 Å². The van der Waals surface area contributed by atoms with E-state index in [1.807, 2.05) is 0 Å². The van der Waals surface area contributed by atoms with Crippen LogP contribution in [0.2, 0.25) is 0 Å². The lowest BCUT2D eigenvalue weighted by Crippen LogP contribution is -2.34. The number of aliphatic carboxylic acids is 1. The van der Waals surface area contributed by atoms with Gasteiger partial charge in [-0.05, 0) is 38.5 Å². The molecule has 0 fully saturated rings. The SMILES string of the molecule is CCCCCCCCC/C=C\CCCCCCCC(=O)OC(COCCCCCCCCCCCCCCCCCCCC)COP(=O)(O)OCC(N)C(=O)O. The third kappa shape index (κ3) is 40.9. The minimum Gasteiger partial charge on any atom is -0.480 e. The van der Waals surface area contributed by atoms with Crippen molar-refractivity contribution in [3.8, 4) is 0 Å². The summed E-state index contributed by atoms with van der Waals surface area (Å²) in [4.78, 5) is 33.6. The summed E-state index contributed by atoms with van der Waals surface area (Å²) in [5, 5.41) is 8.90. The summed E-state index contributed by atoms with van der Waals surface area (Å²) in [6.45, 7) is 3.91. The fourth-order valence-electron chi connectivity index (χ4n) is 6.66. The van der Waals surface area contributed by atoms with Crippen LogP contribution >= 0.6 is 7.82 Å². The van der Waals surface area contributed by atoms with Crippen molar-refractivity contribution in [2.45, 2.75) is 238 Å². The van der Waals surface area contributed by atoms with Crippen molar-refractivity contribution in [2.75, 3.05) is 26.4 Å². The molecule has 10 nitrogen and oxygen atoms in total. The van der Waals surface area contributed by atoms with E-state index in [1.165, 1.54) is 148 Å². The van der Waals surface area contributed by atoms with Crippen LogP contribution in [0, 0.1) is 0 Å². The summed E-state index contributed by atoms with van der Waals surface area (Å²) in [6, 6.07) is -1.47. The van der Waals surface area contributed by atoms with Gasteiger partial charge in [-0.25, -0.2) is 4.57 Å². The molecule has 0 amide bonds. The largest absolute Gasteiger partial charge is 0.480 e. The second-order valence-electron chi connectivity index (χ2n) is 15.9. The molecule has 56 heavy (non-hydrogen) atoms. The zero-order valence-corrected chi connectivity index (χ0v) is 37.1. The van der Waals surface area contributed by atoms with Crippen LogP contribution in [0.5, 0.6) is 0 Å². The maximum atomic E-state index is 12.6. The van der Waals surface area contributed by atoms with E-state index in [1.54, 1.807) is 0 Å². The molecular weight excluding hydrogens is 729 g/mol. The summed E-state index contributed by atoms with van der Waals surface area (Å²) in [5.41, 5.74) is 5.36. The lowest BCUT2D eigenvalue weighted by atomic mass is 10.0. The van der Waals surface area contributed by atoms with Crippen LogP contribution in [0.4, 0.5) is 0 Å². The molecule has 0 heterocycles. The first kappa shape index (κ1) is 54.7. The quantitative estimate of drug-likeness (QED) is 0.0234. The number of carbonyl (C=O) groups is 2. The van der Waals surface area contributed by atoms with Crippen molar-refractivity contribution in [3.05, 3.63) is 12.2 Å². The van der Waals surface area contributed by atoms with Gasteiger partial charge in [-0.2, -0.15) is 0 Å². The second kappa shape index (κ2) is 41.9. The lowest BCUT2D eigenvalue weighted by Gasteiger charge is -2.20. The van der Waals surface area contributed by atoms with Crippen molar-refractivity contribution < 1.29 is 42.7 Å². The van der Waals surface area contributed by atoms with Gasteiger partial charge in [0.25, 0.3) is 0 Å². The fraction of sp³-hybridized carbons (Fsp3) is 0.911. The Balaban J connectivity index is 4.18. The number of allylic oxidation sites excluding steroid dienone is 2. The highest BCUT2D eigenvalue weighted by molar-refractivity contribution is 7.47.